The molecule has 1 aliphatic carbocycles. The Kier molecular flexibility index (Phi) is 5.13. The third kappa shape index (κ3) is 3.76. The minimum absolute atomic E-state index is 0.172. The number of fused-ring (bicyclic) bond motifs is 3. The van der Waals surface area contributed by atoms with E-state index in [1.54, 1.807) is 6.20 Å². The summed E-state index contributed by atoms with van der Waals surface area (Å²) in [7, 11) is 0. The van der Waals surface area contributed by atoms with Crippen LogP contribution < -0.4 is 11.1 Å². The van der Waals surface area contributed by atoms with Crippen LogP contribution in [0.4, 0.5) is 10.2 Å². The van der Waals surface area contributed by atoms with Gasteiger partial charge in [-0.2, -0.15) is 5.10 Å². The number of anilines is 1. The van der Waals surface area contributed by atoms with Crippen LogP contribution in [-0.4, -0.2) is 42.2 Å². The van der Waals surface area contributed by atoms with Crippen LogP contribution in [0.25, 0.3) is 33.2 Å². The number of nitrogens with zero attached hydrogens (tertiary/aromatic N) is 5. The molecule has 176 valence electrons. The number of hydrogen-bond donors (Lipinski definition) is 3. The maximum absolute atomic E-state index is 13.1. The van der Waals surface area contributed by atoms with Crippen LogP contribution in [0.2, 0.25) is 0 Å². The predicted molar refractivity (Wildman–Crippen MR) is 130 cm³/mol. The van der Waals surface area contributed by atoms with Crippen molar-refractivity contribution < 1.29 is 9.18 Å². The third-order valence-electron chi connectivity index (χ3n) is 6.55. The molecule has 1 saturated carbocycles. The smallest absolute Gasteiger partial charge is 0.269 e. The average Bonchev–Trinajstić information content (AvgIpc) is 3.48. The van der Waals surface area contributed by atoms with E-state index in [0.717, 1.165) is 52.5 Å². The highest BCUT2D eigenvalue weighted by Crippen LogP contribution is 2.39. The van der Waals surface area contributed by atoms with E-state index in [2.05, 4.69) is 36.1 Å². The lowest BCUT2D eigenvalue weighted by Gasteiger charge is -2.29. The van der Waals surface area contributed by atoms with Crippen LogP contribution in [0.3, 0.4) is 0 Å². The molecule has 0 spiro atoms. The molecule has 10 heteroatoms. The molecule has 9 nitrogen and oxygen atoms in total. The zero-order valence-electron chi connectivity index (χ0n) is 18.8. The van der Waals surface area contributed by atoms with Crippen molar-refractivity contribution in [3.8, 4) is 11.3 Å². The van der Waals surface area contributed by atoms with Gasteiger partial charge in [0.05, 0.1) is 22.9 Å². The largest absolute Gasteiger partial charge is 0.382 e. The quantitative estimate of drug-likeness (QED) is 0.346. The molecule has 4 heterocycles. The Balaban J connectivity index is 1.35. The van der Waals surface area contributed by atoms with Crippen molar-refractivity contribution in [2.75, 3.05) is 12.3 Å². The number of halogens is 1. The lowest BCUT2D eigenvalue weighted by molar-refractivity contribution is 0.0948. The Labute approximate surface area is 199 Å². The number of rotatable bonds is 6. The highest BCUT2D eigenvalue weighted by molar-refractivity contribution is 6.07. The maximum atomic E-state index is 13.1. The van der Waals surface area contributed by atoms with E-state index < -0.39 is 5.82 Å². The SMILES string of the molecule is Nc1nc2cc(-c3cc[nH]n3)ccc2c2c1nc(CCNC(=O)c1ccc(F)cn1)n2C1CCC1. The topological polar surface area (TPSA) is 127 Å². The number of hydrogen-bond acceptors (Lipinski definition) is 6. The van der Waals surface area contributed by atoms with Gasteiger partial charge in [0.25, 0.3) is 5.91 Å². The molecule has 1 amide bonds. The van der Waals surface area contributed by atoms with Gasteiger partial charge in [0, 0.05) is 36.2 Å². The second-order valence-electron chi connectivity index (χ2n) is 8.74. The number of carbonyl (C=O) groups excluding carboxylic acids is 1. The van der Waals surface area contributed by atoms with Gasteiger partial charge >= 0.3 is 0 Å². The Morgan fingerprint density at radius 1 is 1.20 bits per heavy atom. The van der Waals surface area contributed by atoms with Gasteiger partial charge in [-0.1, -0.05) is 6.07 Å². The van der Waals surface area contributed by atoms with Gasteiger partial charge in [0.15, 0.2) is 5.82 Å². The second kappa shape index (κ2) is 8.46. The standard InChI is InChI=1S/C25H23FN8O/c26-15-5-7-19(29-13-15)25(35)28-10-9-21-32-22-23(34(21)16-2-1-3-16)17-6-4-14(18-8-11-30-33-18)12-20(17)31-24(22)27/h4-8,11-13,16H,1-3,9-10H2,(H2,27,31)(H,28,35)(H,30,33). The van der Waals surface area contributed by atoms with E-state index in [1.165, 1.54) is 18.6 Å². The van der Waals surface area contributed by atoms with E-state index in [-0.39, 0.29) is 11.6 Å². The van der Waals surface area contributed by atoms with Crippen molar-refractivity contribution in [3.63, 3.8) is 0 Å². The molecule has 1 aromatic carbocycles. The number of aromatic amines is 1. The zero-order chi connectivity index (χ0) is 23.9. The fourth-order valence-corrected chi connectivity index (χ4v) is 4.61. The number of imidazole rings is 1. The van der Waals surface area contributed by atoms with Crippen molar-refractivity contribution in [1.29, 1.82) is 0 Å². The highest BCUT2D eigenvalue weighted by Gasteiger charge is 2.27. The maximum Gasteiger partial charge on any atom is 0.269 e. The van der Waals surface area contributed by atoms with E-state index >= 15 is 0 Å². The van der Waals surface area contributed by atoms with Crippen molar-refractivity contribution in [1.82, 2.24) is 35.0 Å². The molecular formula is C25H23FN8O. The number of nitrogen functional groups attached to an aromatic ring is 1. The first-order chi connectivity index (χ1) is 17.1. The summed E-state index contributed by atoms with van der Waals surface area (Å²) in [6.45, 7) is 0.364. The monoisotopic (exact) mass is 470 g/mol. The number of H-pyrrole nitrogens is 1. The van der Waals surface area contributed by atoms with Crippen molar-refractivity contribution in [2.45, 2.75) is 31.7 Å². The third-order valence-corrected chi connectivity index (χ3v) is 6.55. The summed E-state index contributed by atoms with van der Waals surface area (Å²) < 4.78 is 15.4. The van der Waals surface area contributed by atoms with Gasteiger partial charge in [-0.15, -0.1) is 0 Å². The molecule has 35 heavy (non-hydrogen) atoms. The first-order valence-electron chi connectivity index (χ1n) is 11.6. The van der Waals surface area contributed by atoms with Crippen molar-refractivity contribution in [3.05, 3.63) is 66.1 Å². The molecule has 0 atom stereocenters. The van der Waals surface area contributed by atoms with Crippen LogP contribution in [-0.2, 0) is 6.42 Å². The number of aromatic nitrogens is 6. The number of nitrogens with two attached hydrogens (primary N) is 1. The van der Waals surface area contributed by atoms with Crippen LogP contribution in [0, 0.1) is 5.82 Å². The van der Waals surface area contributed by atoms with Crippen molar-refractivity contribution in [2.24, 2.45) is 0 Å². The molecule has 0 aliphatic heterocycles. The van der Waals surface area contributed by atoms with Crippen LogP contribution >= 0.6 is 0 Å². The molecule has 0 unspecified atom stereocenters. The van der Waals surface area contributed by atoms with Gasteiger partial charge in [-0.25, -0.2) is 19.3 Å². The van der Waals surface area contributed by atoms with Crippen molar-refractivity contribution >= 4 is 33.7 Å². The van der Waals surface area contributed by atoms with E-state index in [0.29, 0.717) is 30.3 Å². The van der Waals surface area contributed by atoms with Crippen LogP contribution in [0.1, 0.15) is 41.6 Å². The van der Waals surface area contributed by atoms with Gasteiger partial charge in [-0.3, -0.25) is 9.89 Å². The second-order valence-corrected chi connectivity index (χ2v) is 8.74. The summed E-state index contributed by atoms with van der Waals surface area (Å²) in [4.78, 5) is 25.7. The molecule has 5 aromatic rings. The van der Waals surface area contributed by atoms with Gasteiger partial charge in [-0.05, 0) is 49.6 Å². The number of nitrogens with one attached hydrogen (secondary N) is 2. The molecule has 6 rings (SSSR count). The number of benzene rings is 1. The fourth-order valence-electron chi connectivity index (χ4n) is 4.61. The Morgan fingerprint density at radius 2 is 2.09 bits per heavy atom. The minimum Gasteiger partial charge on any atom is -0.382 e. The number of amides is 1. The first kappa shape index (κ1) is 21.2. The lowest BCUT2D eigenvalue weighted by atomic mass is 9.92. The first-order valence-corrected chi connectivity index (χ1v) is 11.6. The zero-order valence-corrected chi connectivity index (χ0v) is 18.8. The molecule has 4 N–H and O–H groups in total. The molecule has 1 aliphatic rings. The Morgan fingerprint density at radius 3 is 2.80 bits per heavy atom. The Bertz CT molecular complexity index is 1540. The predicted octanol–water partition coefficient (Wildman–Crippen LogP) is 3.79. The normalized spacial score (nSPS) is 13.9. The highest BCUT2D eigenvalue weighted by atomic mass is 19.1. The fraction of sp³-hybridized carbons (Fsp3) is 0.240. The summed E-state index contributed by atoms with van der Waals surface area (Å²) >= 11 is 0. The number of pyridine rings is 2. The van der Waals surface area contributed by atoms with Crippen LogP contribution in [0.5, 0.6) is 0 Å². The van der Waals surface area contributed by atoms with Gasteiger partial charge < -0.3 is 15.6 Å². The van der Waals surface area contributed by atoms with Crippen LogP contribution in [0.15, 0.2) is 48.8 Å². The minimum atomic E-state index is -0.481. The molecule has 0 radical (unpaired) electrons. The van der Waals surface area contributed by atoms with Gasteiger partial charge in [0.1, 0.15) is 22.9 Å². The summed E-state index contributed by atoms with van der Waals surface area (Å²) in [6, 6.07) is 10.9. The van der Waals surface area contributed by atoms with E-state index in [1.807, 2.05) is 18.2 Å². The number of carbonyl (C=O) groups is 1. The summed E-state index contributed by atoms with van der Waals surface area (Å²) in [6.07, 6.45) is 6.64. The summed E-state index contributed by atoms with van der Waals surface area (Å²) in [5.41, 5.74) is 10.8. The summed E-state index contributed by atoms with van der Waals surface area (Å²) in [5, 5.41) is 10.9. The molecule has 0 bridgehead atoms. The molecule has 0 saturated heterocycles. The molecule has 4 aromatic heterocycles. The van der Waals surface area contributed by atoms with E-state index in [9.17, 15) is 9.18 Å². The average molecular weight is 471 g/mol. The van der Waals surface area contributed by atoms with E-state index in [4.69, 9.17) is 10.7 Å². The molecular weight excluding hydrogens is 447 g/mol. The molecule has 1 fully saturated rings. The van der Waals surface area contributed by atoms with Gasteiger partial charge in [0.2, 0.25) is 0 Å². The Hall–Kier alpha value is -4.34. The lowest BCUT2D eigenvalue weighted by Crippen LogP contribution is -2.28. The summed E-state index contributed by atoms with van der Waals surface area (Å²) in [5.74, 6) is 0.402.